The van der Waals surface area contributed by atoms with E-state index in [9.17, 15) is 5.26 Å². The van der Waals surface area contributed by atoms with Gasteiger partial charge in [0.15, 0.2) is 0 Å². The highest BCUT2D eigenvalue weighted by Gasteiger charge is 2.23. The number of nitrogens with two attached hydrogens (primary N) is 1. The van der Waals surface area contributed by atoms with Gasteiger partial charge in [0.05, 0.1) is 17.9 Å². The summed E-state index contributed by atoms with van der Waals surface area (Å²) in [7, 11) is 2.06. The SMILES string of the molecule is CN(CCO)C1CCN(c2ccc(N)cc2C#N)CC1. The molecule has 0 atom stereocenters. The average Bonchev–Trinajstić information content (AvgIpc) is 2.47. The van der Waals surface area contributed by atoms with Crippen molar-refractivity contribution in [2.75, 3.05) is 43.9 Å². The highest BCUT2D eigenvalue weighted by atomic mass is 16.3. The third kappa shape index (κ3) is 3.21. The van der Waals surface area contributed by atoms with Gasteiger partial charge in [0.1, 0.15) is 6.07 Å². The fraction of sp³-hybridized carbons (Fsp3) is 0.533. The number of nitriles is 1. The van der Waals surface area contributed by atoms with Gasteiger partial charge in [-0.05, 0) is 38.1 Å². The zero-order valence-corrected chi connectivity index (χ0v) is 11.9. The third-order valence-electron chi connectivity index (χ3n) is 4.02. The Balaban J connectivity index is 2.02. The van der Waals surface area contributed by atoms with E-state index >= 15 is 0 Å². The molecule has 1 aromatic carbocycles. The van der Waals surface area contributed by atoms with Crippen molar-refractivity contribution in [1.82, 2.24) is 4.90 Å². The van der Waals surface area contributed by atoms with Crippen molar-refractivity contribution in [1.29, 1.82) is 5.26 Å². The van der Waals surface area contributed by atoms with Crippen LogP contribution < -0.4 is 10.6 Å². The number of nitrogens with zero attached hydrogens (tertiary/aromatic N) is 3. The summed E-state index contributed by atoms with van der Waals surface area (Å²) in [6.45, 7) is 2.78. The monoisotopic (exact) mass is 274 g/mol. The third-order valence-corrected chi connectivity index (χ3v) is 4.02. The first kappa shape index (κ1) is 14.6. The molecule has 0 aromatic heterocycles. The number of rotatable bonds is 4. The topological polar surface area (TPSA) is 76.5 Å². The second kappa shape index (κ2) is 6.60. The van der Waals surface area contributed by atoms with E-state index in [4.69, 9.17) is 10.8 Å². The van der Waals surface area contributed by atoms with Crippen molar-refractivity contribution in [2.45, 2.75) is 18.9 Å². The number of hydrogen-bond acceptors (Lipinski definition) is 5. The maximum absolute atomic E-state index is 9.22. The minimum absolute atomic E-state index is 0.202. The van der Waals surface area contributed by atoms with Gasteiger partial charge in [0.2, 0.25) is 0 Å². The summed E-state index contributed by atoms with van der Waals surface area (Å²) in [6, 6.07) is 8.25. The molecule has 0 spiro atoms. The molecule has 1 saturated heterocycles. The molecule has 1 aliphatic rings. The van der Waals surface area contributed by atoms with Crippen LogP contribution in [0.5, 0.6) is 0 Å². The maximum atomic E-state index is 9.22. The maximum Gasteiger partial charge on any atom is 0.101 e. The summed E-state index contributed by atoms with van der Waals surface area (Å²) in [5.74, 6) is 0. The van der Waals surface area contributed by atoms with E-state index in [-0.39, 0.29) is 6.61 Å². The zero-order chi connectivity index (χ0) is 14.5. The summed E-state index contributed by atoms with van der Waals surface area (Å²) < 4.78 is 0. The quantitative estimate of drug-likeness (QED) is 0.802. The van der Waals surface area contributed by atoms with Crippen LogP contribution in [0.15, 0.2) is 18.2 Å². The molecule has 0 amide bonds. The van der Waals surface area contributed by atoms with E-state index < -0.39 is 0 Å². The van der Waals surface area contributed by atoms with Gasteiger partial charge in [0.25, 0.3) is 0 Å². The Morgan fingerprint density at radius 1 is 1.45 bits per heavy atom. The second-order valence-electron chi connectivity index (χ2n) is 5.31. The van der Waals surface area contributed by atoms with E-state index in [1.54, 1.807) is 6.07 Å². The van der Waals surface area contributed by atoms with Crippen LogP contribution in [-0.2, 0) is 0 Å². The summed E-state index contributed by atoms with van der Waals surface area (Å²) in [5, 5.41) is 18.2. The van der Waals surface area contributed by atoms with Crippen molar-refractivity contribution >= 4 is 11.4 Å². The standard InChI is InChI=1S/C15H22N4O/c1-18(8-9-20)14-4-6-19(7-5-14)15-3-2-13(17)10-12(15)11-16/h2-3,10,14,20H,4-9,17H2,1H3. The summed E-state index contributed by atoms with van der Waals surface area (Å²) in [5.41, 5.74) is 7.98. The van der Waals surface area contributed by atoms with E-state index in [0.717, 1.165) is 38.2 Å². The normalized spacial score (nSPS) is 16.4. The molecule has 0 radical (unpaired) electrons. The van der Waals surface area contributed by atoms with Gasteiger partial charge in [-0.2, -0.15) is 5.26 Å². The predicted molar refractivity (Wildman–Crippen MR) is 80.5 cm³/mol. The van der Waals surface area contributed by atoms with Crippen molar-refractivity contribution in [3.8, 4) is 6.07 Å². The van der Waals surface area contributed by atoms with Gasteiger partial charge >= 0.3 is 0 Å². The number of benzene rings is 1. The minimum atomic E-state index is 0.202. The highest BCUT2D eigenvalue weighted by molar-refractivity contribution is 5.64. The molecule has 3 N–H and O–H groups in total. The number of piperidine rings is 1. The molecule has 5 heteroatoms. The van der Waals surface area contributed by atoms with Crippen molar-refractivity contribution in [3.05, 3.63) is 23.8 Å². The lowest BCUT2D eigenvalue weighted by atomic mass is 10.0. The van der Waals surface area contributed by atoms with Crippen LogP contribution in [0.4, 0.5) is 11.4 Å². The first-order valence-corrected chi connectivity index (χ1v) is 7.01. The molecule has 5 nitrogen and oxygen atoms in total. The van der Waals surface area contributed by atoms with Crippen LogP contribution in [-0.4, -0.2) is 49.3 Å². The Morgan fingerprint density at radius 3 is 2.75 bits per heavy atom. The molecule has 0 bridgehead atoms. The van der Waals surface area contributed by atoms with Crippen LogP contribution in [0.25, 0.3) is 0 Å². The van der Waals surface area contributed by atoms with Crippen LogP contribution >= 0.6 is 0 Å². The predicted octanol–water partition coefficient (Wildman–Crippen LogP) is 1.03. The fourth-order valence-electron chi connectivity index (χ4n) is 2.81. The molecule has 1 aromatic rings. The Morgan fingerprint density at radius 2 is 2.15 bits per heavy atom. The van der Waals surface area contributed by atoms with Crippen LogP contribution in [0.3, 0.4) is 0 Å². The Hall–Kier alpha value is -1.77. The molecule has 108 valence electrons. The van der Waals surface area contributed by atoms with Gasteiger partial charge in [-0.1, -0.05) is 0 Å². The smallest absolute Gasteiger partial charge is 0.101 e. The van der Waals surface area contributed by atoms with Gasteiger partial charge in [0, 0.05) is 31.4 Å². The summed E-state index contributed by atoms with van der Waals surface area (Å²) in [4.78, 5) is 4.47. The van der Waals surface area contributed by atoms with Gasteiger partial charge in [-0.25, -0.2) is 0 Å². The van der Waals surface area contributed by atoms with Crippen molar-refractivity contribution < 1.29 is 5.11 Å². The average molecular weight is 274 g/mol. The zero-order valence-electron chi connectivity index (χ0n) is 11.9. The number of nitrogen functional groups attached to an aromatic ring is 1. The molecule has 0 saturated carbocycles. The molecule has 2 rings (SSSR count). The number of anilines is 2. The van der Waals surface area contributed by atoms with Crippen LogP contribution in [0.2, 0.25) is 0 Å². The molecule has 1 aliphatic heterocycles. The first-order chi connectivity index (χ1) is 9.65. The molecule has 0 unspecified atom stereocenters. The Labute approximate surface area is 120 Å². The van der Waals surface area contributed by atoms with E-state index in [2.05, 4.69) is 22.9 Å². The number of likely N-dealkylation sites (N-methyl/N-ethyl adjacent to an activating group) is 1. The lowest BCUT2D eigenvalue weighted by molar-refractivity contribution is 0.162. The summed E-state index contributed by atoms with van der Waals surface area (Å²) >= 11 is 0. The molecular weight excluding hydrogens is 252 g/mol. The lowest BCUT2D eigenvalue weighted by Crippen LogP contribution is -2.44. The molecular formula is C15H22N4O. The van der Waals surface area contributed by atoms with Crippen molar-refractivity contribution in [2.24, 2.45) is 0 Å². The fourth-order valence-corrected chi connectivity index (χ4v) is 2.81. The number of hydrogen-bond donors (Lipinski definition) is 2. The number of aliphatic hydroxyl groups excluding tert-OH is 1. The number of aliphatic hydroxyl groups is 1. The first-order valence-electron chi connectivity index (χ1n) is 7.01. The van der Waals surface area contributed by atoms with E-state index in [0.29, 0.717) is 17.3 Å². The van der Waals surface area contributed by atoms with Crippen LogP contribution in [0, 0.1) is 11.3 Å². The van der Waals surface area contributed by atoms with Crippen LogP contribution in [0.1, 0.15) is 18.4 Å². The minimum Gasteiger partial charge on any atom is -0.399 e. The molecule has 0 aliphatic carbocycles. The summed E-state index contributed by atoms with van der Waals surface area (Å²) in [6.07, 6.45) is 2.09. The Bertz CT molecular complexity index is 489. The van der Waals surface area contributed by atoms with Gasteiger partial charge in [-0.15, -0.1) is 0 Å². The lowest BCUT2D eigenvalue weighted by Gasteiger charge is -2.38. The largest absolute Gasteiger partial charge is 0.399 e. The second-order valence-corrected chi connectivity index (χ2v) is 5.31. The van der Waals surface area contributed by atoms with E-state index in [1.165, 1.54) is 0 Å². The van der Waals surface area contributed by atoms with E-state index in [1.807, 2.05) is 12.1 Å². The van der Waals surface area contributed by atoms with Gasteiger partial charge in [-0.3, -0.25) is 0 Å². The highest BCUT2D eigenvalue weighted by Crippen LogP contribution is 2.26. The van der Waals surface area contributed by atoms with Crippen molar-refractivity contribution in [3.63, 3.8) is 0 Å². The Kier molecular flexibility index (Phi) is 4.83. The molecule has 1 fully saturated rings. The molecule has 1 heterocycles. The van der Waals surface area contributed by atoms with Gasteiger partial charge < -0.3 is 20.6 Å². The molecule has 20 heavy (non-hydrogen) atoms.